The average Bonchev–Trinajstić information content (AvgIpc) is 3.23. The Hall–Kier alpha value is -3.55. The van der Waals surface area contributed by atoms with Crippen LogP contribution >= 0.6 is 0 Å². The molecule has 3 heterocycles. The molecule has 4 rings (SSSR count). The zero-order chi connectivity index (χ0) is 21.3. The third-order valence-corrected chi connectivity index (χ3v) is 5.37. The number of hydrogen-bond donors (Lipinski definition) is 1. The Bertz CT molecular complexity index is 1120. The van der Waals surface area contributed by atoms with Crippen LogP contribution in [0.4, 0.5) is 5.69 Å². The van der Waals surface area contributed by atoms with Gasteiger partial charge in [0.05, 0.1) is 23.9 Å². The van der Waals surface area contributed by atoms with Gasteiger partial charge in [0, 0.05) is 24.2 Å². The zero-order valence-electron chi connectivity index (χ0n) is 17.1. The average molecular weight is 406 g/mol. The van der Waals surface area contributed by atoms with E-state index < -0.39 is 5.60 Å². The number of Topliss-reactive ketones (excluding diaryl/α,β-unsaturated/α-hetero) is 1. The van der Waals surface area contributed by atoms with E-state index in [9.17, 15) is 9.59 Å². The van der Waals surface area contributed by atoms with Gasteiger partial charge in [0.25, 0.3) is 5.89 Å². The maximum atomic E-state index is 12.8. The molecule has 1 N–H and O–H groups in total. The Balaban J connectivity index is 1.63. The normalized spacial score (nSPS) is 14.7. The molecule has 1 aliphatic rings. The van der Waals surface area contributed by atoms with E-state index in [1.54, 1.807) is 30.5 Å². The molecule has 8 nitrogen and oxygen atoms in total. The van der Waals surface area contributed by atoms with Gasteiger partial charge in [-0.15, -0.1) is 0 Å². The first kappa shape index (κ1) is 19.8. The quantitative estimate of drug-likeness (QED) is 0.674. The molecule has 0 spiro atoms. The van der Waals surface area contributed by atoms with Gasteiger partial charge in [-0.1, -0.05) is 19.0 Å². The molecule has 154 valence electrons. The van der Waals surface area contributed by atoms with Crippen LogP contribution in [0.3, 0.4) is 0 Å². The van der Waals surface area contributed by atoms with Crippen LogP contribution in [0.15, 0.2) is 41.2 Å². The molecule has 30 heavy (non-hydrogen) atoms. The number of pyridine rings is 1. The second-order valence-corrected chi connectivity index (χ2v) is 7.37. The summed E-state index contributed by atoms with van der Waals surface area (Å²) in [6.45, 7) is 5.49. The summed E-state index contributed by atoms with van der Waals surface area (Å²) in [4.78, 5) is 32.5. The van der Waals surface area contributed by atoms with Crippen molar-refractivity contribution >= 4 is 17.4 Å². The van der Waals surface area contributed by atoms with Crippen molar-refractivity contribution in [1.82, 2.24) is 15.1 Å². The lowest BCUT2D eigenvalue weighted by atomic mass is 9.85. The van der Waals surface area contributed by atoms with E-state index in [0.717, 1.165) is 12.8 Å². The number of ketones is 1. The Kier molecular flexibility index (Phi) is 5.07. The standard InChI is InChI=1S/C22H22N4O4/c1-4-22(5-2)10-18(28)17-9-14(6-7-19(17)29-22)21-25-20(26-30-21)15-8-16(12-23-11-15)24-13(3)27/h6-9,11-12H,4-5,10H2,1-3H3,(H,24,27). The van der Waals surface area contributed by atoms with E-state index >= 15 is 0 Å². The highest BCUT2D eigenvalue weighted by molar-refractivity contribution is 6.01. The molecule has 0 saturated carbocycles. The number of amides is 1. The summed E-state index contributed by atoms with van der Waals surface area (Å²) < 4.78 is 11.6. The van der Waals surface area contributed by atoms with Gasteiger partial charge in [-0.25, -0.2) is 0 Å². The summed E-state index contributed by atoms with van der Waals surface area (Å²) in [5, 5.41) is 6.68. The maximum Gasteiger partial charge on any atom is 0.258 e. The van der Waals surface area contributed by atoms with Crippen LogP contribution in [0.5, 0.6) is 5.75 Å². The van der Waals surface area contributed by atoms with Crippen molar-refractivity contribution in [3.63, 3.8) is 0 Å². The van der Waals surface area contributed by atoms with Crippen molar-refractivity contribution in [3.8, 4) is 28.6 Å². The molecule has 0 unspecified atom stereocenters. The van der Waals surface area contributed by atoms with E-state index in [4.69, 9.17) is 9.26 Å². The van der Waals surface area contributed by atoms with Crippen LogP contribution in [0, 0.1) is 0 Å². The highest BCUT2D eigenvalue weighted by atomic mass is 16.5. The van der Waals surface area contributed by atoms with Crippen LogP contribution in [0.25, 0.3) is 22.8 Å². The molecule has 2 aromatic heterocycles. The summed E-state index contributed by atoms with van der Waals surface area (Å²) in [5.41, 5.74) is 1.87. The molecule has 0 bridgehead atoms. The van der Waals surface area contributed by atoms with Gasteiger partial charge in [0.15, 0.2) is 5.78 Å². The largest absolute Gasteiger partial charge is 0.486 e. The van der Waals surface area contributed by atoms with Crippen molar-refractivity contribution in [2.24, 2.45) is 0 Å². The van der Waals surface area contributed by atoms with Crippen LogP contribution in [-0.4, -0.2) is 32.4 Å². The van der Waals surface area contributed by atoms with Crippen LogP contribution in [0.2, 0.25) is 0 Å². The number of anilines is 1. The van der Waals surface area contributed by atoms with Gasteiger partial charge >= 0.3 is 0 Å². The third-order valence-electron chi connectivity index (χ3n) is 5.37. The Morgan fingerprint density at radius 3 is 2.70 bits per heavy atom. The molecule has 0 saturated heterocycles. The van der Waals surface area contributed by atoms with Gasteiger partial charge in [-0.2, -0.15) is 4.98 Å². The van der Waals surface area contributed by atoms with Crippen LogP contribution in [-0.2, 0) is 4.79 Å². The number of aromatic nitrogens is 3. The van der Waals surface area contributed by atoms with E-state index in [-0.39, 0.29) is 17.6 Å². The minimum atomic E-state index is -0.435. The summed E-state index contributed by atoms with van der Waals surface area (Å²) in [7, 11) is 0. The number of fused-ring (bicyclic) bond motifs is 1. The lowest BCUT2D eigenvalue weighted by molar-refractivity contribution is -0.114. The number of carbonyl (C=O) groups is 2. The fourth-order valence-corrected chi connectivity index (χ4v) is 3.56. The van der Waals surface area contributed by atoms with Crippen molar-refractivity contribution in [1.29, 1.82) is 0 Å². The summed E-state index contributed by atoms with van der Waals surface area (Å²) >= 11 is 0. The van der Waals surface area contributed by atoms with Gasteiger partial charge in [-0.3, -0.25) is 14.6 Å². The first-order chi connectivity index (χ1) is 14.4. The monoisotopic (exact) mass is 406 g/mol. The molecular formula is C22H22N4O4. The molecule has 1 aromatic carbocycles. The first-order valence-corrected chi connectivity index (χ1v) is 9.86. The van der Waals surface area contributed by atoms with Crippen molar-refractivity contribution in [2.45, 2.75) is 45.6 Å². The van der Waals surface area contributed by atoms with Gasteiger partial charge < -0.3 is 14.6 Å². The maximum absolute atomic E-state index is 12.8. The fraction of sp³-hybridized carbons (Fsp3) is 0.318. The number of hydrogen-bond acceptors (Lipinski definition) is 7. The summed E-state index contributed by atoms with van der Waals surface area (Å²) in [6, 6.07) is 7.03. The predicted octanol–water partition coefficient (Wildman–Crippen LogP) is 4.28. The SMILES string of the molecule is CCC1(CC)CC(=O)c2cc(-c3nc(-c4cncc(NC(C)=O)c4)no3)ccc2O1. The topological polar surface area (TPSA) is 107 Å². The second-order valence-electron chi connectivity index (χ2n) is 7.37. The number of nitrogens with zero attached hydrogens (tertiary/aromatic N) is 3. The third kappa shape index (κ3) is 3.68. The Morgan fingerprint density at radius 1 is 1.17 bits per heavy atom. The minimum Gasteiger partial charge on any atom is -0.486 e. The predicted molar refractivity (Wildman–Crippen MR) is 110 cm³/mol. The highest BCUT2D eigenvalue weighted by Crippen LogP contribution is 2.39. The number of carbonyl (C=O) groups excluding carboxylic acids is 2. The smallest absolute Gasteiger partial charge is 0.258 e. The van der Waals surface area contributed by atoms with E-state index in [1.165, 1.54) is 13.1 Å². The summed E-state index contributed by atoms with van der Waals surface area (Å²) in [6.07, 6.45) is 5.02. The summed E-state index contributed by atoms with van der Waals surface area (Å²) in [5.74, 6) is 1.06. The van der Waals surface area contributed by atoms with Crippen LogP contribution in [0.1, 0.15) is 50.4 Å². The molecule has 0 aliphatic carbocycles. The molecule has 0 atom stereocenters. The van der Waals surface area contributed by atoms with Crippen LogP contribution < -0.4 is 10.1 Å². The second kappa shape index (κ2) is 7.70. The lowest BCUT2D eigenvalue weighted by Gasteiger charge is -2.36. The number of rotatable bonds is 5. The van der Waals surface area contributed by atoms with Gasteiger partial charge in [0.1, 0.15) is 11.4 Å². The molecular weight excluding hydrogens is 384 g/mol. The number of nitrogens with one attached hydrogen (secondary N) is 1. The van der Waals surface area contributed by atoms with Gasteiger partial charge in [0.2, 0.25) is 11.7 Å². The van der Waals surface area contributed by atoms with Crippen molar-refractivity contribution < 1.29 is 18.8 Å². The molecule has 0 radical (unpaired) electrons. The fourth-order valence-electron chi connectivity index (χ4n) is 3.56. The molecule has 1 aliphatic heterocycles. The Morgan fingerprint density at radius 2 is 1.97 bits per heavy atom. The molecule has 8 heteroatoms. The van der Waals surface area contributed by atoms with Gasteiger partial charge in [-0.05, 0) is 37.1 Å². The molecule has 1 amide bonds. The first-order valence-electron chi connectivity index (χ1n) is 9.86. The lowest BCUT2D eigenvalue weighted by Crippen LogP contribution is -2.40. The molecule has 0 fully saturated rings. The minimum absolute atomic E-state index is 0.0498. The van der Waals surface area contributed by atoms with E-state index in [1.807, 2.05) is 13.8 Å². The Labute approximate surface area is 173 Å². The van der Waals surface area contributed by atoms with Crippen molar-refractivity contribution in [2.75, 3.05) is 5.32 Å². The van der Waals surface area contributed by atoms with Crippen molar-refractivity contribution in [3.05, 3.63) is 42.2 Å². The number of ether oxygens (including phenoxy) is 1. The van der Waals surface area contributed by atoms with E-state index in [2.05, 4.69) is 20.4 Å². The molecule has 3 aromatic rings. The highest BCUT2D eigenvalue weighted by Gasteiger charge is 2.37. The van der Waals surface area contributed by atoms with E-state index in [0.29, 0.717) is 40.4 Å². The zero-order valence-corrected chi connectivity index (χ0v) is 17.1. The number of benzene rings is 1.